The molecule has 1 aliphatic rings. The molecule has 0 aromatic heterocycles. The van der Waals surface area contributed by atoms with Crippen LogP contribution in [0.15, 0.2) is 48.5 Å². The van der Waals surface area contributed by atoms with E-state index in [2.05, 4.69) is 5.32 Å². The third kappa shape index (κ3) is 5.41. The Morgan fingerprint density at radius 2 is 1.81 bits per heavy atom. The van der Waals surface area contributed by atoms with Crippen LogP contribution in [0, 0.1) is 5.41 Å². The molecule has 1 heterocycles. The minimum absolute atomic E-state index is 0.0712. The number of halogens is 4. The second-order valence-electron chi connectivity index (χ2n) is 8.68. The van der Waals surface area contributed by atoms with Crippen LogP contribution >= 0.6 is 23.4 Å². The largest absolute Gasteiger partial charge is 0.416 e. The Balaban J connectivity index is 1.81. The zero-order chi connectivity index (χ0) is 23.7. The van der Waals surface area contributed by atoms with E-state index in [9.17, 15) is 22.8 Å². The molecule has 2 aromatic rings. The Hall–Kier alpha value is -2.19. The molecule has 1 fully saturated rings. The number of alkyl halides is 3. The van der Waals surface area contributed by atoms with Crippen molar-refractivity contribution < 1.29 is 22.8 Å². The number of benzene rings is 2. The Morgan fingerprint density at radius 3 is 2.44 bits per heavy atom. The maximum Gasteiger partial charge on any atom is 0.416 e. The summed E-state index contributed by atoms with van der Waals surface area (Å²) in [5.74, 6) is -0.381. The van der Waals surface area contributed by atoms with E-state index in [1.807, 2.05) is 20.8 Å². The molecule has 2 aromatic carbocycles. The van der Waals surface area contributed by atoms with Gasteiger partial charge in [0.15, 0.2) is 0 Å². The van der Waals surface area contributed by atoms with Crippen LogP contribution in [-0.4, -0.2) is 33.9 Å². The monoisotopic (exact) mass is 484 g/mol. The van der Waals surface area contributed by atoms with Gasteiger partial charge in [0.2, 0.25) is 5.91 Å². The van der Waals surface area contributed by atoms with Crippen molar-refractivity contribution in [2.75, 3.05) is 5.75 Å². The zero-order valence-electron chi connectivity index (χ0n) is 17.9. The van der Waals surface area contributed by atoms with Gasteiger partial charge in [-0.3, -0.25) is 9.59 Å². The maximum absolute atomic E-state index is 13.4. The fourth-order valence-electron chi connectivity index (χ4n) is 3.56. The molecule has 0 aliphatic carbocycles. The van der Waals surface area contributed by atoms with Crippen LogP contribution in [0.1, 0.15) is 42.3 Å². The second-order valence-corrected chi connectivity index (χ2v) is 10.2. The quantitative estimate of drug-likeness (QED) is 0.614. The lowest BCUT2D eigenvalue weighted by Gasteiger charge is -2.36. The molecular formula is C23H24ClF3N2O2S. The summed E-state index contributed by atoms with van der Waals surface area (Å²) >= 11 is 7.74. The van der Waals surface area contributed by atoms with Gasteiger partial charge in [0.1, 0.15) is 6.04 Å². The number of thioether (sulfide) groups is 1. The number of carbonyl (C=O) groups is 2. The number of rotatable bonds is 4. The molecule has 0 spiro atoms. The normalized spacial score (nSPS) is 19.2. The highest BCUT2D eigenvalue weighted by atomic mass is 35.5. The Bertz CT molecular complexity index is 1010. The van der Waals surface area contributed by atoms with Crippen molar-refractivity contribution in [2.24, 2.45) is 5.41 Å². The van der Waals surface area contributed by atoms with Crippen LogP contribution in [0.5, 0.6) is 0 Å². The predicted molar refractivity (Wildman–Crippen MR) is 120 cm³/mol. The molecule has 0 bridgehead atoms. The first-order valence-corrected chi connectivity index (χ1v) is 11.4. The summed E-state index contributed by atoms with van der Waals surface area (Å²) in [7, 11) is 0. The number of hydrogen-bond donors (Lipinski definition) is 1. The Labute approximate surface area is 194 Å². The maximum atomic E-state index is 13.4. The van der Waals surface area contributed by atoms with Gasteiger partial charge in [0.05, 0.1) is 21.5 Å². The molecule has 172 valence electrons. The summed E-state index contributed by atoms with van der Waals surface area (Å²) in [6.07, 6.45) is -4.46. The van der Waals surface area contributed by atoms with Gasteiger partial charge in [0, 0.05) is 12.3 Å². The van der Waals surface area contributed by atoms with Gasteiger partial charge in [-0.25, -0.2) is 0 Å². The summed E-state index contributed by atoms with van der Waals surface area (Å²) < 4.78 is 38.9. The van der Waals surface area contributed by atoms with Crippen LogP contribution in [0.25, 0.3) is 0 Å². The first-order valence-electron chi connectivity index (χ1n) is 10.0. The Morgan fingerprint density at radius 1 is 1.12 bits per heavy atom. The molecule has 0 saturated carbocycles. The second kappa shape index (κ2) is 9.35. The number of hydrogen-bond acceptors (Lipinski definition) is 3. The number of carbonyl (C=O) groups excluding carboxylic acids is 2. The standard InChI is InChI=1S/C23H24ClF3N2O2S/c1-22(2,3)21-29(20(31)16-9-4-5-10-17(16)24)18(13-32-21)19(30)28-12-14-7-6-8-15(11-14)23(25,26)27/h4-11,18,21H,12-13H2,1-3H3,(H,28,30). The van der Waals surface area contributed by atoms with Crippen LogP contribution in [0.4, 0.5) is 13.2 Å². The minimum atomic E-state index is -4.46. The van der Waals surface area contributed by atoms with Gasteiger partial charge in [0.25, 0.3) is 5.91 Å². The van der Waals surface area contributed by atoms with Crippen molar-refractivity contribution in [3.8, 4) is 0 Å². The van der Waals surface area contributed by atoms with Crippen molar-refractivity contribution in [1.82, 2.24) is 10.2 Å². The van der Waals surface area contributed by atoms with Crippen molar-refractivity contribution in [1.29, 1.82) is 0 Å². The van der Waals surface area contributed by atoms with Gasteiger partial charge < -0.3 is 10.2 Å². The van der Waals surface area contributed by atoms with Crippen molar-refractivity contribution in [3.05, 3.63) is 70.2 Å². The lowest BCUT2D eigenvalue weighted by molar-refractivity contribution is -0.137. The molecule has 1 aliphatic heterocycles. The average Bonchev–Trinajstić information content (AvgIpc) is 3.17. The minimum Gasteiger partial charge on any atom is -0.350 e. The van der Waals surface area contributed by atoms with E-state index in [1.165, 1.54) is 23.9 Å². The molecule has 2 unspecified atom stereocenters. The molecule has 1 saturated heterocycles. The highest BCUT2D eigenvalue weighted by molar-refractivity contribution is 8.00. The van der Waals surface area contributed by atoms with Crippen LogP contribution in [-0.2, 0) is 17.5 Å². The Kier molecular flexibility index (Phi) is 7.15. The summed E-state index contributed by atoms with van der Waals surface area (Å²) in [5, 5.41) is 2.72. The molecule has 9 heteroatoms. The molecule has 4 nitrogen and oxygen atoms in total. The van der Waals surface area contributed by atoms with Crippen LogP contribution in [0.3, 0.4) is 0 Å². The van der Waals surface area contributed by atoms with E-state index in [-0.39, 0.29) is 23.2 Å². The average molecular weight is 485 g/mol. The molecule has 32 heavy (non-hydrogen) atoms. The smallest absolute Gasteiger partial charge is 0.350 e. The summed E-state index contributed by atoms with van der Waals surface area (Å²) in [6.45, 7) is 5.89. The lowest BCUT2D eigenvalue weighted by Crippen LogP contribution is -2.52. The zero-order valence-corrected chi connectivity index (χ0v) is 19.4. The van der Waals surface area contributed by atoms with Gasteiger partial charge >= 0.3 is 6.18 Å². The summed E-state index contributed by atoms with van der Waals surface area (Å²) in [6, 6.07) is 10.7. The fourth-order valence-corrected chi connectivity index (χ4v) is 5.36. The van der Waals surface area contributed by atoms with E-state index in [0.29, 0.717) is 21.9 Å². The van der Waals surface area contributed by atoms with E-state index in [0.717, 1.165) is 12.1 Å². The number of nitrogens with one attached hydrogen (secondary N) is 1. The SMILES string of the molecule is CC(C)(C)C1SCC(C(=O)NCc2cccc(C(F)(F)F)c2)N1C(=O)c1ccccc1Cl. The van der Waals surface area contributed by atoms with E-state index in [1.54, 1.807) is 29.2 Å². The third-order valence-corrected chi connectivity index (χ3v) is 7.19. The fraction of sp³-hybridized carbons (Fsp3) is 0.391. The summed E-state index contributed by atoms with van der Waals surface area (Å²) in [4.78, 5) is 28.0. The van der Waals surface area contributed by atoms with E-state index in [4.69, 9.17) is 11.6 Å². The molecule has 3 rings (SSSR count). The predicted octanol–water partition coefficient (Wildman–Crippen LogP) is 5.61. The third-order valence-electron chi connectivity index (χ3n) is 5.10. The molecule has 0 radical (unpaired) electrons. The topological polar surface area (TPSA) is 49.4 Å². The number of amides is 2. The number of nitrogens with zero attached hydrogens (tertiary/aromatic N) is 1. The van der Waals surface area contributed by atoms with Crippen molar-refractivity contribution in [2.45, 2.75) is 44.9 Å². The lowest BCUT2D eigenvalue weighted by atomic mass is 9.94. The highest BCUT2D eigenvalue weighted by Gasteiger charge is 2.46. The van der Waals surface area contributed by atoms with Gasteiger partial charge in [-0.15, -0.1) is 11.8 Å². The van der Waals surface area contributed by atoms with Crippen molar-refractivity contribution >= 4 is 35.2 Å². The van der Waals surface area contributed by atoms with E-state index < -0.39 is 23.7 Å². The molecule has 2 amide bonds. The van der Waals surface area contributed by atoms with Gasteiger partial charge in [-0.1, -0.05) is 56.6 Å². The van der Waals surface area contributed by atoms with Crippen molar-refractivity contribution in [3.63, 3.8) is 0 Å². The van der Waals surface area contributed by atoms with Crippen LogP contribution < -0.4 is 5.32 Å². The highest BCUT2D eigenvalue weighted by Crippen LogP contribution is 2.41. The van der Waals surface area contributed by atoms with Gasteiger partial charge in [-0.2, -0.15) is 13.2 Å². The molecular weight excluding hydrogens is 461 g/mol. The first kappa shape index (κ1) is 24.5. The molecule has 2 atom stereocenters. The van der Waals surface area contributed by atoms with Gasteiger partial charge in [-0.05, 0) is 35.2 Å². The summed E-state index contributed by atoms with van der Waals surface area (Å²) in [5.41, 5.74) is -0.446. The van der Waals surface area contributed by atoms with E-state index >= 15 is 0 Å². The molecule has 1 N–H and O–H groups in total. The van der Waals surface area contributed by atoms with Crippen LogP contribution in [0.2, 0.25) is 5.02 Å². The first-order chi connectivity index (χ1) is 14.9.